The fourth-order valence-corrected chi connectivity index (χ4v) is 3.53. The molecule has 18 heavy (non-hydrogen) atoms. The van der Waals surface area contributed by atoms with Gasteiger partial charge in [-0.25, -0.2) is 0 Å². The lowest BCUT2D eigenvalue weighted by molar-refractivity contribution is 0.282. The molecule has 0 spiro atoms. The van der Waals surface area contributed by atoms with E-state index in [-0.39, 0.29) is 6.61 Å². The number of rotatable bonds is 3. The van der Waals surface area contributed by atoms with Crippen LogP contribution >= 0.6 is 27.3 Å². The molecule has 0 radical (unpaired) electrons. The van der Waals surface area contributed by atoms with Gasteiger partial charge in [0.1, 0.15) is 0 Å². The number of aliphatic hydroxyl groups is 1. The largest absolute Gasteiger partial charge is 0.392 e. The summed E-state index contributed by atoms with van der Waals surface area (Å²) in [7, 11) is 0. The highest BCUT2D eigenvalue weighted by molar-refractivity contribution is 9.10. The number of benzene rings is 1. The molecule has 3 aromatic rings. The van der Waals surface area contributed by atoms with E-state index in [1.165, 1.54) is 15.8 Å². The Kier molecular flexibility index (Phi) is 3.24. The highest BCUT2D eigenvalue weighted by atomic mass is 79.9. The third-order valence-electron chi connectivity index (χ3n) is 3.03. The minimum atomic E-state index is 0.0871. The summed E-state index contributed by atoms with van der Waals surface area (Å²) in [4.78, 5) is 1.31. The average Bonchev–Trinajstić information content (AvgIpc) is 2.97. The maximum absolute atomic E-state index is 9.21. The molecule has 0 aliphatic rings. The monoisotopic (exact) mass is 321 g/mol. The van der Waals surface area contributed by atoms with Gasteiger partial charge in [0, 0.05) is 21.1 Å². The van der Waals surface area contributed by atoms with Crippen LogP contribution in [0.3, 0.4) is 0 Å². The first-order valence-corrected chi connectivity index (χ1v) is 7.35. The van der Waals surface area contributed by atoms with Gasteiger partial charge in [-0.1, -0.05) is 12.1 Å². The zero-order valence-corrected chi connectivity index (χ0v) is 12.0. The molecule has 2 heterocycles. The standard InChI is InChI=1S/C14H12BrNOS/c15-12-4-6-18-14(12)8-16-5-3-11-2-1-10(9-17)7-13(11)16/h1-7,17H,8-9H2. The lowest BCUT2D eigenvalue weighted by Gasteiger charge is -2.05. The Balaban J connectivity index is 2.04. The minimum absolute atomic E-state index is 0.0871. The minimum Gasteiger partial charge on any atom is -0.392 e. The van der Waals surface area contributed by atoms with Gasteiger partial charge < -0.3 is 9.67 Å². The van der Waals surface area contributed by atoms with E-state index in [4.69, 9.17) is 0 Å². The maximum Gasteiger partial charge on any atom is 0.0682 e. The molecule has 3 rings (SSSR count). The van der Waals surface area contributed by atoms with Crippen molar-refractivity contribution in [3.05, 3.63) is 56.8 Å². The molecule has 0 atom stereocenters. The van der Waals surface area contributed by atoms with Crippen LogP contribution in [0, 0.1) is 0 Å². The van der Waals surface area contributed by atoms with Gasteiger partial charge in [-0.05, 0) is 50.5 Å². The molecule has 0 unspecified atom stereocenters. The number of hydrogen-bond donors (Lipinski definition) is 1. The van der Waals surface area contributed by atoms with Crippen molar-refractivity contribution in [1.82, 2.24) is 4.57 Å². The predicted molar refractivity (Wildman–Crippen MR) is 79.0 cm³/mol. The first-order chi connectivity index (χ1) is 8.78. The van der Waals surface area contributed by atoms with E-state index in [0.717, 1.165) is 16.6 Å². The summed E-state index contributed by atoms with van der Waals surface area (Å²) in [5.74, 6) is 0. The molecule has 0 aliphatic carbocycles. The third-order valence-corrected chi connectivity index (χ3v) is 4.94. The van der Waals surface area contributed by atoms with Gasteiger partial charge in [-0.3, -0.25) is 0 Å². The number of fused-ring (bicyclic) bond motifs is 1. The quantitative estimate of drug-likeness (QED) is 0.774. The van der Waals surface area contributed by atoms with Crippen molar-refractivity contribution in [2.45, 2.75) is 13.2 Å². The van der Waals surface area contributed by atoms with Crippen molar-refractivity contribution in [2.75, 3.05) is 0 Å². The van der Waals surface area contributed by atoms with Crippen LogP contribution in [0.15, 0.2) is 46.4 Å². The van der Waals surface area contributed by atoms with Crippen molar-refractivity contribution < 1.29 is 5.11 Å². The Morgan fingerprint density at radius 1 is 1.22 bits per heavy atom. The Bertz CT molecular complexity index is 686. The zero-order valence-electron chi connectivity index (χ0n) is 9.64. The molecule has 2 nitrogen and oxygen atoms in total. The van der Waals surface area contributed by atoms with Gasteiger partial charge in [0.25, 0.3) is 0 Å². The normalized spacial score (nSPS) is 11.2. The van der Waals surface area contributed by atoms with Crippen LogP contribution in [0.25, 0.3) is 10.9 Å². The van der Waals surface area contributed by atoms with E-state index in [2.05, 4.69) is 56.3 Å². The van der Waals surface area contributed by atoms with Crippen molar-refractivity contribution in [1.29, 1.82) is 0 Å². The van der Waals surface area contributed by atoms with Gasteiger partial charge in [0.05, 0.1) is 13.2 Å². The molecule has 0 bridgehead atoms. The SMILES string of the molecule is OCc1ccc2ccn(Cc3sccc3Br)c2c1. The lowest BCUT2D eigenvalue weighted by atomic mass is 10.2. The third kappa shape index (κ3) is 2.11. The van der Waals surface area contributed by atoms with Crippen LogP contribution < -0.4 is 0 Å². The summed E-state index contributed by atoms with van der Waals surface area (Å²) < 4.78 is 3.37. The molecule has 4 heteroatoms. The highest BCUT2D eigenvalue weighted by Crippen LogP contribution is 2.26. The summed E-state index contributed by atoms with van der Waals surface area (Å²) in [5.41, 5.74) is 2.12. The summed E-state index contributed by atoms with van der Waals surface area (Å²) in [5, 5.41) is 12.5. The van der Waals surface area contributed by atoms with Crippen molar-refractivity contribution in [3.8, 4) is 0 Å². The number of nitrogens with zero attached hydrogens (tertiary/aromatic N) is 1. The van der Waals surface area contributed by atoms with Gasteiger partial charge in [-0.2, -0.15) is 0 Å². The smallest absolute Gasteiger partial charge is 0.0682 e. The van der Waals surface area contributed by atoms with E-state index in [0.29, 0.717) is 0 Å². The second kappa shape index (κ2) is 4.88. The molecular formula is C14H12BrNOS. The fraction of sp³-hybridized carbons (Fsp3) is 0.143. The average molecular weight is 322 g/mol. The van der Waals surface area contributed by atoms with E-state index < -0.39 is 0 Å². The zero-order chi connectivity index (χ0) is 12.5. The van der Waals surface area contributed by atoms with Crippen molar-refractivity contribution >= 4 is 38.2 Å². The number of aromatic nitrogens is 1. The lowest BCUT2D eigenvalue weighted by Crippen LogP contribution is -1.96. The number of halogens is 1. The molecular weight excluding hydrogens is 310 g/mol. The molecule has 1 aromatic carbocycles. The Morgan fingerprint density at radius 3 is 2.83 bits per heavy atom. The Hall–Kier alpha value is -1.10. The second-order valence-corrected chi connectivity index (χ2v) is 6.04. The summed E-state index contributed by atoms with van der Waals surface area (Å²) in [6.45, 7) is 0.945. The maximum atomic E-state index is 9.21. The van der Waals surface area contributed by atoms with Gasteiger partial charge in [0.15, 0.2) is 0 Å². The fourth-order valence-electron chi connectivity index (χ4n) is 2.06. The summed E-state index contributed by atoms with van der Waals surface area (Å²) >= 11 is 5.31. The van der Waals surface area contributed by atoms with Gasteiger partial charge >= 0.3 is 0 Å². The number of thiophene rings is 1. The van der Waals surface area contributed by atoms with Crippen molar-refractivity contribution in [2.24, 2.45) is 0 Å². The predicted octanol–water partition coefficient (Wildman–Crippen LogP) is 4.01. The van der Waals surface area contributed by atoms with E-state index in [9.17, 15) is 5.11 Å². The Labute approximate surface area is 118 Å². The van der Waals surface area contributed by atoms with Crippen molar-refractivity contribution in [3.63, 3.8) is 0 Å². The number of aliphatic hydroxyl groups excluding tert-OH is 1. The molecule has 0 saturated carbocycles. The van der Waals surface area contributed by atoms with Crippen LogP contribution in [0.2, 0.25) is 0 Å². The molecule has 2 aromatic heterocycles. The molecule has 0 saturated heterocycles. The molecule has 92 valence electrons. The molecule has 0 amide bonds. The summed E-state index contributed by atoms with van der Waals surface area (Å²) in [6, 6.07) is 10.3. The first kappa shape index (κ1) is 12.0. The Morgan fingerprint density at radius 2 is 2.11 bits per heavy atom. The van der Waals surface area contributed by atoms with Crippen LogP contribution in [-0.2, 0) is 13.2 Å². The summed E-state index contributed by atoms with van der Waals surface area (Å²) in [6.07, 6.45) is 2.10. The highest BCUT2D eigenvalue weighted by Gasteiger charge is 2.06. The molecule has 0 fully saturated rings. The van der Waals surface area contributed by atoms with E-state index >= 15 is 0 Å². The first-order valence-electron chi connectivity index (χ1n) is 5.68. The molecule has 0 aliphatic heterocycles. The second-order valence-electron chi connectivity index (χ2n) is 4.19. The van der Waals surface area contributed by atoms with Gasteiger partial charge in [0.2, 0.25) is 0 Å². The van der Waals surface area contributed by atoms with Crippen LogP contribution in [0.5, 0.6) is 0 Å². The van der Waals surface area contributed by atoms with Crippen LogP contribution in [-0.4, -0.2) is 9.67 Å². The van der Waals surface area contributed by atoms with E-state index in [1.54, 1.807) is 11.3 Å². The molecule has 1 N–H and O–H groups in total. The van der Waals surface area contributed by atoms with E-state index in [1.807, 2.05) is 6.07 Å². The van der Waals surface area contributed by atoms with Gasteiger partial charge in [-0.15, -0.1) is 11.3 Å². The van der Waals surface area contributed by atoms with Crippen LogP contribution in [0.1, 0.15) is 10.4 Å². The number of hydrogen-bond acceptors (Lipinski definition) is 2. The topological polar surface area (TPSA) is 25.2 Å². The van der Waals surface area contributed by atoms with Crippen LogP contribution in [0.4, 0.5) is 0 Å².